The van der Waals surface area contributed by atoms with Gasteiger partial charge in [-0.05, 0) is 48.9 Å². The van der Waals surface area contributed by atoms with E-state index in [2.05, 4.69) is 10.3 Å². The Kier molecular flexibility index (Phi) is 5.48. The molecular formula is C25H29N3O3. The van der Waals surface area contributed by atoms with Gasteiger partial charge in [0, 0.05) is 37.7 Å². The largest absolute Gasteiger partial charge is 0.376 e. The van der Waals surface area contributed by atoms with Crippen LogP contribution in [0.1, 0.15) is 65.9 Å². The highest BCUT2D eigenvalue weighted by atomic mass is 16.5. The number of nitrogens with zero attached hydrogens (tertiary/aromatic N) is 2. The van der Waals surface area contributed by atoms with Crippen LogP contribution in [0.2, 0.25) is 0 Å². The van der Waals surface area contributed by atoms with Crippen molar-refractivity contribution in [2.45, 2.75) is 62.6 Å². The van der Waals surface area contributed by atoms with Crippen molar-refractivity contribution in [3.63, 3.8) is 0 Å². The highest BCUT2D eigenvalue weighted by Crippen LogP contribution is 2.50. The van der Waals surface area contributed by atoms with Gasteiger partial charge in [0.15, 0.2) is 0 Å². The third-order valence-electron chi connectivity index (χ3n) is 7.15. The Morgan fingerprint density at radius 1 is 1.16 bits per heavy atom. The predicted octanol–water partition coefficient (Wildman–Crippen LogP) is 3.43. The number of amides is 2. The third-order valence-corrected chi connectivity index (χ3v) is 7.15. The minimum Gasteiger partial charge on any atom is -0.376 e. The van der Waals surface area contributed by atoms with Crippen molar-refractivity contribution in [1.29, 1.82) is 0 Å². The van der Waals surface area contributed by atoms with E-state index in [4.69, 9.17) is 4.74 Å². The lowest BCUT2D eigenvalue weighted by Crippen LogP contribution is -2.62. The Bertz CT molecular complexity index is 949. The van der Waals surface area contributed by atoms with Crippen LogP contribution in [0.5, 0.6) is 0 Å². The van der Waals surface area contributed by atoms with Crippen LogP contribution in [-0.2, 0) is 16.1 Å². The van der Waals surface area contributed by atoms with Gasteiger partial charge < -0.3 is 15.0 Å². The van der Waals surface area contributed by atoms with Crippen molar-refractivity contribution < 1.29 is 14.3 Å². The van der Waals surface area contributed by atoms with Gasteiger partial charge >= 0.3 is 0 Å². The quantitative estimate of drug-likeness (QED) is 0.806. The van der Waals surface area contributed by atoms with Crippen LogP contribution in [0, 0.1) is 0 Å². The minimum absolute atomic E-state index is 0.0111. The SMILES string of the molecule is O=C(NCc1cccnc1)[C@@H]1c2ccccc2C(=O)N(C[C@H]2CCCO2)C12CCCC2. The van der Waals surface area contributed by atoms with Crippen molar-refractivity contribution in [3.05, 3.63) is 65.5 Å². The molecule has 1 N–H and O–H groups in total. The molecule has 6 nitrogen and oxygen atoms in total. The second-order valence-corrected chi connectivity index (χ2v) is 8.96. The number of aromatic nitrogens is 1. The van der Waals surface area contributed by atoms with Gasteiger partial charge in [0.25, 0.3) is 5.91 Å². The molecule has 0 bridgehead atoms. The van der Waals surface area contributed by atoms with E-state index in [1.165, 1.54) is 0 Å². The van der Waals surface area contributed by atoms with Crippen LogP contribution in [0.15, 0.2) is 48.8 Å². The van der Waals surface area contributed by atoms with Crippen LogP contribution < -0.4 is 5.32 Å². The maximum Gasteiger partial charge on any atom is 0.254 e. The van der Waals surface area contributed by atoms with Gasteiger partial charge in [-0.2, -0.15) is 0 Å². The molecule has 0 unspecified atom stereocenters. The highest BCUT2D eigenvalue weighted by Gasteiger charge is 2.55. The van der Waals surface area contributed by atoms with Crippen molar-refractivity contribution in [3.8, 4) is 0 Å². The zero-order valence-electron chi connectivity index (χ0n) is 17.8. The molecule has 1 aromatic heterocycles. The predicted molar refractivity (Wildman–Crippen MR) is 116 cm³/mol. The Labute approximate surface area is 183 Å². The van der Waals surface area contributed by atoms with Gasteiger partial charge in [-0.25, -0.2) is 0 Å². The van der Waals surface area contributed by atoms with E-state index < -0.39 is 5.54 Å². The molecule has 5 rings (SSSR count). The van der Waals surface area contributed by atoms with E-state index in [1.54, 1.807) is 12.4 Å². The summed E-state index contributed by atoms with van der Waals surface area (Å²) in [5.41, 5.74) is 2.00. The fourth-order valence-electron chi connectivity index (χ4n) is 5.72. The van der Waals surface area contributed by atoms with E-state index in [0.29, 0.717) is 18.7 Å². The molecule has 0 radical (unpaired) electrons. The number of ether oxygens (including phenoxy) is 1. The number of benzene rings is 1. The van der Waals surface area contributed by atoms with Gasteiger partial charge in [-0.3, -0.25) is 14.6 Å². The van der Waals surface area contributed by atoms with Crippen molar-refractivity contribution in [2.75, 3.05) is 13.2 Å². The van der Waals surface area contributed by atoms with Crippen molar-refractivity contribution in [1.82, 2.24) is 15.2 Å². The second kappa shape index (κ2) is 8.42. The summed E-state index contributed by atoms with van der Waals surface area (Å²) in [5, 5.41) is 3.14. The first kappa shape index (κ1) is 20.2. The normalized spacial score (nSPS) is 24.4. The second-order valence-electron chi connectivity index (χ2n) is 8.96. The monoisotopic (exact) mass is 419 g/mol. The lowest BCUT2D eigenvalue weighted by molar-refractivity contribution is -0.127. The number of hydrogen-bond acceptors (Lipinski definition) is 4. The van der Waals surface area contributed by atoms with E-state index in [1.807, 2.05) is 41.3 Å². The van der Waals surface area contributed by atoms with Gasteiger partial charge in [0.05, 0.1) is 17.6 Å². The van der Waals surface area contributed by atoms with E-state index in [-0.39, 0.29) is 23.8 Å². The lowest BCUT2D eigenvalue weighted by atomic mass is 9.71. The van der Waals surface area contributed by atoms with Crippen LogP contribution >= 0.6 is 0 Å². The molecule has 3 aliphatic rings. The standard InChI is InChI=1S/C25H29N3O3/c29-23(27-16-18-7-5-13-26-15-18)22-20-9-1-2-10-21(20)24(30)28(17-19-8-6-14-31-19)25(22)11-3-4-12-25/h1-2,5,7,9-10,13,15,19,22H,3-4,6,8,11-12,14,16-17H2,(H,27,29)/t19-,22+/m1/s1. The average Bonchev–Trinajstić information content (AvgIpc) is 3.49. The fourth-order valence-corrected chi connectivity index (χ4v) is 5.72. The number of carbonyl (C=O) groups is 2. The summed E-state index contributed by atoms with van der Waals surface area (Å²) in [6.45, 7) is 1.76. The molecule has 3 heterocycles. The fraction of sp³-hybridized carbons (Fsp3) is 0.480. The summed E-state index contributed by atoms with van der Waals surface area (Å²) in [7, 11) is 0. The van der Waals surface area contributed by atoms with Gasteiger partial charge in [0.1, 0.15) is 0 Å². The van der Waals surface area contributed by atoms with E-state index in [0.717, 1.165) is 56.3 Å². The van der Waals surface area contributed by atoms with E-state index >= 15 is 0 Å². The number of fused-ring (bicyclic) bond motifs is 1. The topological polar surface area (TPSA) is 71.5 Å². The number of nitrogens with one attached hydrogen (secondary N) is 1. The van der Waals surface area contributed by atoms with Gasteiger partial charge in [0.2, 0.25) is 5.91 Å². The van der Waals surface area contributed by atoms with E-state index in [9.17, 15) is 9.59 Å². The number of hydrogen-bond donors (Lipinski definition) is 1. The summed E-state index contributed by atoms with van der Waals surface area (Å²) >= 11 is 0. The summed E-state index contributed by atoms with van der Waals surface area (Å²) in [5.74, 6) is -0.339. The van der Waals surface area contributed by atoms with Crippen molar-refractivity contribution in [2.24, 2.45) is 0 Å². The molecule has 31 heavy (non-hydrogen) atoms. The first-order valence-electron chi connectivity index (χ1n) is 11.4. The molecule has 2 amide bonds. The summed E-state index contributed by atoms with van der Waals surface area (Å²) in [4.78, 5) is 33.5. The summed E-state index contributed by atoms with van der Waals surface area (Å²) in [6, 6.07) is 11.5. The minimum atomic E-state index is -0.476. The summed E-state index contributed by atoms with van der Waals surface area (Å²) in [6.07, 6.45) is 9.33. The van der Waals surface area contributed by atoms with Crippen LogP contribution in [-0.4, -0.2) is 46.5 Å². The molecule has 2 aliphatic heterocycles. The number of carbonyl (C=O) groups excluding carboxylic acids is 2. The molecule has 1 aromatic carbocycles. The zero-order valence-corrected chi connectivity index (χ0v) is 17.8. The zero-order chi connectivity index (χ0) is 21.3. The maximum absolute atomic E-state index is 13.7. The number of pyridine rings is 1. The molecule has 6 heteroatoms. The first-order chi connectivity index (χ1) is 15.2. The maximum atomic E-state index is 13.7. The lowest BCUT2D eigenvalue weighted by Gasteiger charge is -2.50. The molecule has 2 aromatic rings. The molecule has 2 fully saturated rings. The molecule has 1 aliphatic carbocycles. The van der Waals surface area contributed by atoms with Crippen LogP contribution in [0.25, 0.3) is 0 Å². The van der Waals surface area contributed by atoms with Crippen LogP contribution in [0.3, 0.4) is 0 Å². The van der Waals surface area contributed by atoms with Gasteiger partial charge in [-0.1, -0.05) is 37.1 Å². The van der Waals surface area contributed by atoms with Gasteiger partial charge in [-0.15, -0.1) is 0 Å². The molecular weight excluding hydrogens is 390 g/mol. The molecule has 162 valence electrons. The molecule has 1 spiro atoms. The first-order valence-corrected chi connectivity index (χ1v) is 11.4. The molecule has 1 saturated carbocycles. The average molecular weight is 420 g/mol. The molecule has 1 saturated heterocycles. The van der Waals surface area contributed by atoms with Crippen LogP contribution in [0.4, 0.5) is 0 Å². The molecule has 2 atom stereocenters. The Balaban J connectivity index is 1.51. The Morgan fingerprint density at radius 3 is 2.74 bits per heavy atom. The highest BCUT2D eigenvalue weighted by molar-refractivity contribution is 6.02. The van der Waals surface area contributed by atoms with Crippen molar-refractivity contribution >= 4 is 11.8 Å². The number of rotatable bonds is 5. The Morgan fingerprint density at radius 2 is 2.00 bits per heavy atom. The Hall–Kier alpha value is -2.73. The summed E-state index contributed by atoms with van der Waals surface area (Å²) < 4.78 is 5.89. The third kappa shape index (κ3) is 3.63. The smallest absolute Gasteiger partial charge is 0.254 e.